The summed E-state index contributed by atoms with van der Waals surface area (Å²) in [6.07, 6.45) is 2.17. The Bertz CT molecular complexity index is 1220. The summed E-state index contributed by atoms with van der Waals surface area (Å²) >= 11 is 6.09. The number of hydrogen-bond donors (Lipinski definition) is 1. The Hall–Kier alpha value is -3.19. The molecule has 4 aromatic rings. The van der Waals surface area contributed by atoms with E-state index in [1.54, 1.807) is 11.0 Å². The van der Waals surface area contributed by atoms with Gasteiger partial charge in [-0.05, 0) is 41.3 Å². The summed E-state index contributed by atoms with van der Waals surface area (Å²) in [5.41, 5.74) is 2.51. The van der Waals surface area contributed by atoms with E-state index in [1.165, 1.54) is 12.1 Å². The molecule has 1 unspecified atom stereocenters. The lowest BCUT2D eigenvalue weighted by Gasteiger charge is -2.17. The minimum absolute atomic E-state index is 0.0189. The number of halogens is 2. The Morgan fingerprint density at radius 3 is 3.00 bits per heavy atom. The summed E-state index contributed by atoms with van der Waals surface area (Å²) in [5.74, 6) is 0.348. The van der Waals surface area contributed by atoms with Crippen LogP contribution in [0.15, 0.2) is 53.2 Å². The Morgan fingerprint density at radius 1 is 1.24 bits per heavy atom. The van der Waals surface area contributed by atoms with Crippen LogP contribution < -0.4 is 0 Å². The summed E-state index contributed by atoms with van der Waals surface area (Å²) in [7, 11) is 0. The molecule has 3 heterocycles. The van der Waals surface area contributed by atoms with Crippen molar-refractivity contribution < 1.29 is 13.7 Å². The van der Waals surface area contributed by atoms with E-state index >= 15 is 0 Å². The Kier molecular flexibility index (Phi) is 4.32. The van der Waals surface area contributed by atoms with E-state index in [1.807, 2.05) is 30.5 Å². The largest absolute Gasteiger partial charge is 0.361 e. The van der Waals surface area contributed by atoms with Crippen molar-refractivity contribution in [2.45, 2.75) is 18.9 Å². The lowest BCUT2D eigenvalue weighted by atomic mass is 10.1. The highest BCUT2D eigenvalue weighted by Gasteiger charge is 2.34. The third kappa shape index (κ3) is 3.38. The molecule has 1 atom stereocenters. The van der Waals surface area contributed by atoms with Gasteiger partial charge in [-0.1, -0.05) is 28.9 Å². The molecule has 6 nitrogen and oxygen atoms in total. The van der Waals surface area contributed by atoms with Crippen molar-refractivity contribution in [3.8, 4) is 11.5 Å². The maximum Gasteiger partial charge on any atom is 0.258 e. The van der Waals surface area contributed by atoms with Gasteiger partial charge < -0.3 is 14.4 Å². The van der Waals surface area contributed by atoms with Gasteiger partial charge in [0.15, 0.2) is 5.82 Å². The number of benzene rings is 2. The Labute approximate surface area is 170 Å². The summed E-state index contributed by atoms with van der Waals surface area (Å²) in [6.45, 7) is 0.782. The molecular weight excluding hydrogens is 395 g/mol. The molecule has 0 bridgehead atoms. The van der Waals surface area contributed by atoms with Crippen LogP contribution in [-0.4, -0.2) is 32.5 Å². The number of nitrogens with one attached hydrogen (secondary N) is 1. The zero-order chi connectivity index (χ0) is 20.0. The molecule has 1 saturated heterocycles. The van der Waals surface area contributed by atoms with Crippen molar-refractivity contribution in [2.75, 3.05) is 6.54 Å². The second-order valence-electron chi connectivity index (χ2n) is 7.15. The molecule has 5 rings (SSSR count). The van der Waals surface area contributed by atoms with Crippen molar-refractivity contribution in [3.63, 3.8) is 0 Å². The number of carbonyl (C=O) groups excluding carboxylic acids is 1. The van der Waals surface area contributed by atoms with E-state index < -0.39 is 5.82 Å². The van der Waals surface area contributed by atoms with Crippen LogP contribution in [0.25, 0.3) is 22.4 Å². The van der Waals surface area contributed by atoms with Crippen molar-refractivity contribution >= 4 is 28.4 Å². The van der Waals surface area contributed by atoms with E-state index in [2.05, 4.69) is 15.1 Å². The zero-order valence-electron chi connectivity index (χ0n) is 15.2. The fraction of sp³-hybridized carbons (Fsp3) is 0.190. The summed E-state index contributed by atoms with van der Waals surface area (Å²) < 4.78 is 18.7. The number of carbonyl (C=O) groups is 1. The number of amides is 1. The van der Waals surface area contributed by atoms with Crippen LogP contribution in [0.1, 0.15) is 23.7 Å². The highest BCUT2D eigenvalue weighted by atomic mass is 35.5. The normalized spacial score (nSPS) is 16.8. The number of aromatic amines is 1. The molecule has 1 amide bonds. The van der Waals surface area contributed by atoms with Gasteiger partial charge in [0.2, 0.25) is 5.91 Å². The molecule has 1 aliphatic rings. The van der Waals surface area contributed by atoms with Crippen molar-refractivity contribution in [1.82, 2.24) is 20.0 Å². The molecule has 2 aromatic heterocycles. The fourth-order valence-corrected chi connectivity index (χ4v) is 3.88. The number of fused-ring (bicyclic) bond motifs is 1. The zero-order valence-corrected chi connectivity index (χ0v) is 16.0. The molecule has 0 aliphatic carbocycles. The quantitative estimate of drug-likeness (QED) is 0.536. The fourth-order valence-electron chi connectivity index (χ4n) is 3.65. The number of hydrogen-bond acceptors (Lipinski definition) is 4. The van der Waals surface area contributed by atoms with Gasteiger partial charge in [0.25, 0.3) is 5.89 Å². The second-order valence-corrected chi connectivity index (χ2v) is 7.56. The third-order valence-electron chi connectivity index (χ3n) is 5.20. The minimum atomic E-state index is -0.402. The van der Waals surface area contributed by atoms with Gasteiger partial charge in [0.1, 0.15) is 5.82 Å². The van der Waals surface area contributed by atoms with Gasteiger partial charge >= 0.3 is 0 Å². The SMILES string of the molecule is O=C1CC(c2noc(-c3ccc4cc[nH]c4c3)n2)CN1Cc1ccc(F)cc1Cl. The van der Waals surface area contributed by atoms with Crippen molar-refractivity contribution in [1.29, 1.82) is 0 Å². The van der Waals surface area contributed by atoms with E-state index in [4.69, 9.17) is 16.1 Å². The Morgan fingerprint density at radius 2 is 2.14 bits per heavy atom. The van der Waals surface area contributed by atoms with Gasteiger partial charge in [-0.2, -0.15) is 4.98 Å². The molecule has 1 fully saturated rings. The number of aromatic nitrogens is 3. The topological polar surface area (TPSA) is 75.0 Å². The number of H-pyrrole nitrogens is 1. The first-order chi connectivity index (χ1) is 14.1. The van der Waals surface area contributed by atoms with Crippen LogP contribution in [0.4, 0.5) is 4.39 Å². The molecule has 0 radical (unpaired) electrons. The van der Waals surface area contributed by atoms with E-state index in [-0.39, 0.29) is 11.8 Å². The molecule has 1 N–H and O–H groups in total. The third-order valence-corrected chi connectivity index (χ3v) is 5.55. The van der Waals surface area contributed by atoms with Gasteiger partial charge in [-0.25, -0.2) is 4.39 Å². The molecule has 0 spiro atoms. The summed E-state index contributed by atoms with van der Waals surface area (Å²) in [6, 6.07) is 12.0. The number of nitrogens with zero attached hydrogens (tertiary/aromatic N) is 3. The number of likely N-dealkylation sites (tertiary alicyclic amines) is 1. The Balaban J connectivity index is 1.33. The molecule has 8 heteroatoms. The summed E-state index contributed by atoms with van der Waals surface area (Å²) in [4.78, 5) is 21.8. The molecule has 29 heavy (non-hydrogen) atoms. The molecule has 2 aromatic carbocycles. The minimum Gasteiger partial charge on any atom is -0.361 e. The van der Waals surface area contributed by atoms with Gasteiger partial charge in [-0.3, -0.25) is 4.79 Å². The monoisotopic (exact) mass is 410 g/mol. The average molecular weight is 411 g/mol. The average Bonchev–Trinajstić information content (AvgIpc) is 3.43. The van der Waals surface area contributed by atoms with E-state index in [0.717, 1.165) is 16.5 Å². The first-order valence-electron chi connectivity index (χ1n) is 9.19. The second kappa shape index (κ2) is 7.00. The van der Waals surface area contributed by atoms with Gasteiger partial charge in [0.05, 0.1) is 0 Å². The standard InChI is InChI=1S/C21H16ClFN4O2/c22-17-9-16(23)4-3-14(17)10-27-11-15(8-19(27)28)20-25-21(29-26-20)13-2-1-12-5-6-24-18(12)7-13/h1-7,9,15,24H,8,10-11H2. The smallest absolute Gasteiger partial charge is 0.258 e. The van der Waals surface area contributed by atoms with Crippen LogP contribution in [0.2, 0.25) is 5.02 Å². The lowest BCUT2D eigenvalue weighted by molar-refractivity contribution is -0.128. The lowest BCUT2D eigenvalue weighted by Crippen LogP contribution is -2.24. The van der Waals surface area contributed by atoms with Gasteiger partial charge in [0, 0.05) is 47.7 Å². The van der Waals surface area contributed by atoms with E-state index in [9.17, 15) is 9.18 Å². The molecule has 1 aliphatic heterocycles. The first kappa shape index (κ1) is 17.9. The van der Waals surface area contributed by atoms with Crippen LogP contribution in [0, 0.1) is 5.82 Å². The molecule has 0 saturated carbocycles. The maximum atomic E-state index is 13.2. The predicted molar refractivity (Wildman–Crippen MR) is 106 cm³/mol. The predicted octanol–water partition coefficient (Wildman–Crippen LogP) is 4.53. The maximum absolute atomic E-state index is 13.2. The first-order valence-corrected chi connectivity index (χ1v) is 9.57. The van der Waals surface area contributed by atoms with Crippen LogP contribution >= 0.6 is 11.6 Å². The molecule has 146 valence electrons. The summed E-state index contributed by atoms with van der Waals surface area (Å²) in [5, 5.41) is 5.51. The van der Waals surface area contributed by atoms with Gasteiger partial charge in [-0.15, -0.1) is 0 Å². The van der Waals surface area contributed by atoms with E-state index in [0.29, 0.717) is 41.8 Å². The van der Waals surface area contributed by atoms with Crippen molar-refractivity contribution in [2.24, 2.45) is 0 Å². The van der Waals surface area contributed by atoms with Crippen LogP contribution in [0.3, 0.4) is 0 Å². The highest BCUT2D eigenvalue weighted by Crippen LogP contribution is 2.31. The van der Waals surface area contributed by atoms with Crippen LogP contribution in [0.5, 0.6) is 0 Å². The van der Waals surface area contributed by atoms with Crippen LogP contribution in [-0.2, 0) is 11.3 Å². The van der Waals surface area contributed by atoms with Crippen molar-refractivity contribution in [3.05, 3.63) is 70.9 Å². The molecular formula is C21H16ClFN4O2. The number of rotatable bonds is 4. The highest BCUT2D eigenvalue weighted by molar-refractivity contribution is 6.31.